The van der Waals surface area contributed by atoms with Crippen LogP contribution in [0.5, 0.6) is 11.5 Å². The Morgan fingerprint density at radius 3 is 2.52 bits per heavy atom. The van der Waals surface area contributed by atoms with Crippen LogP contribution in [-0.4, -0.2) is 29.0 Å². The number of benzene rings is 2. The number of anilines is 1. The molecule has 0 aliphatic heterocycles. The van der Waals surface area contributed by atoms with E-state index in [2.05, 4.69) is 10.3 Å². The van der Waals surface area contributed by atoms with Crippen molar-refractivity contribution in [3.05, 3.63) is 63.1 Å². The van der Waals surface area contributed by atoms with E-state index in [4.69, 9.17) is 9.47 Å². The van der Waals surface area contributed by atoms with E-state index in [1.807, 2.05) is 36.6 Å². The van der Waals surface area contributed by atoms with E-state index in [1.54, 1.807) is 13.8 Å². The van der Waals surface area contributed by atoms with Gasteiger partial charge in [-0.1, -0.05) is 23.8 Å². The molecule has 1 aromatic heterocycles. The van der Waals surface area contributed by atoms with Gasteiger partial charge in [-0.2, -0.15) is 0 Å². The fraction of sp³-hybridized carbons (Fsp3) is 0.273. The third-order valence-corrected chi connectivity index (χ3v) is 5.23. The first kappa shape index (κ1) is 22.2. The number of aryl methyl sites for hydroxylation is 1. The number of carbonyl (C=O) groups is 1. The summed E-state index contributed by atoms with van der Waals surface area (Å²) in [6, 6.07) is 10.6. The maximum Gasteiger partial charge on any atom is 0.296 e. The van der Waals surface area contributed by atoms with Gasteiger partial charge in [0.1, 0.15) is 10.7 Å². The highest BCUT2D eigenvalue weighted by Gasteiger charge is 2.22. The molecule has 0 radical (unpaired) electrons. The summed E-state index contributed by atoms with van der Waals surface area (Å²) in [5, 5.41) is 16.8. The van der Waals surface area contributed by atoms with E-state index in [0.717, 1.165) is 16.1 Å². The molecule has 0 atom stereocenters. The Labute approximate surface area is 184 Å². The van der Waals surface area contributed by atoms with Crippen molar-refractivity contribution < 1.29 is 19.2 Å². The van der Waals surface area contributed by atoms with E-state index in [0.29, 0.717) is 24.7 Å². The van der Waals surface area contributed by atoms with Crippen LogP contribution in [0.4, 0.5) is 11.4 Å². The normalized spacial score (nSPS) is 10.5. The van der Waals surface area contributed by atoms with Crippen LogP contribution in [0.25, 0.3) is 10.6 Å². The summed E-state index contributed by atoms with van der Waals surface area (Å²) in [6.07, 6.45) is -0.00332. The van der Waals surface area contributed by atoms with Crippen LogP contribution in [0.3, 0.4) is 0 Å². The second-order valence-corrected chi connectivity index (χ2v) is 7.54. The summed E-state index contributed by atoms with van der Waals surface area (Å²) in [4.78, 5) is 28.1. The average molecular weight is 442 g/mol. The molecule has 2 aromatic carbocycles. The minimum atomic E-state index is -0.563. The van der Waals surface area contributed by atoms with Crippen molar-refractivity contribution in [2.24, 2.45) is 0 Å². The highest BCUT2D eigenvalue weighted by atomic mass is 32.1. The van der Waals surface area contributed by atoms with E-state index in [-0.39, 0.29) is 23.5 Å². The van der Waals surface area contributed by atoms with E-state index in [9.17, 15) is 14.9 Å². The summed E-state index contributed by atoms with van der Waals surface area (Å²) in [7, 11) is 0. The van der Waals surface area contributed by atoms with Crippen LogP contribution >= 0.6 is 11.3 Å². The molecule has 31 heavy (non-hydrogen) atoms. The van der Waals surface area contributed by atoms with Gasteiger partial charge in [0.15, 0.2) is 11.5 Å². The summed E-state index contributed by atoms with van der Waals surface area (Å²) >= 11 is 1.45. The van der Waals surface area contributed by atoms with Crippen LogP contribution in [0, 0.1) is 17.0 Å². The quantitative estimate of drug-likeness (QED) is 0.370. The van der Waals surface area contributed by atoms with Crippen LogP contribution in [0.15, 0.2) is 41.8 Å². The van der Waals surface area contributed by atoms with E-state index >= 15 is 0 Å². The number of rotatable bonds is 9. The van der Waals surface area contributed by atoms with Crippen LogP contribution in [0.1, 0.15) is 25.1 Å². The molecule has 0 saturated heterocycles. The standard InChI is InChI=1S/C22H23N3O5S/c1-4-29-19-11-17(18(25(27)28)12-20(19)30-5-2)24-21(26)10-16-13-31-22(23-16)15-8-6-7-14(3)9-15/h6-9,11-13H,4-5,10H2,1-3H3,(H,24,26). The molecular formula is C22H23N3O5S. The van der Waals surface area contributed by atoms with Crippen molar-refractivity contribution in [2.45, 2.75) is 27.2 Å². The zero-order valence-electron chi connectivity index (χ0n) is 17.5. The number of aromatic nitrogens is 1. The SMILES string of the molecule is CCOc1cc(NC(=O)Cc2csc(-c3cccc(C)c3)n2)c([N+](=O)[O-])cc1OCC. The maximum atomic E-state index is 12.6. The van der Waals surface area contributed by atoms with E-state index in [1.165, 1.54) is 23.5 Å². The lowest BCUT2D eigenvalue weighted by molar-refractivity contribution is -0.384. The molecule has 162 valence electrons. The van der Waals surface area contributed by atoms with Crippen molar-refractivity contribution in [3.8, 4) is 22.1 Å². The molecule has 0 aliphatic carbocycles. The average Bonchev–Trinajstić information content (AvgIpc) is 3.18. The van der Waals surface area contributed by atoms with Crippen LogP contribution in [0.2, 0.25) is 0 Å². The number of nitro benzene ring substituents is 1. The number of carbonyl (C=O) groups excluding carboxylic acids is 1. The van der Waals surface area contributed by atoms with Gasteiger partial charge in [0.05, 0.1) is 36.3 Å². The Kier molecular flexibility index (Phi) is 7.19. The molecule has 0 saturated carbocycles. The molecule has 1 heterocycles. The molecule has 0 spiro atoms. The molecule has 0 bridgehead atoms. The largest absolute Gasteiger partial charge is 0.490 e. The van der Waals surface area contributed by atoms with Crippen molar-refractivity contribution in [2.75, 3.05) is 18.5 Å². The predicted octanol–water partition coefficient (Wildman–Crippen LogP) is 5.01. The fourth-order valence-electron chi connectivity index (χ4n) is 2.99. The molecule has 8 nitrogen and oxygen atoms in total. The fourth-order valence-corrected chi connectivity index (χ4v) is 3.81. The van der Waals surface area contributed by atoms with Gasteiger partial charge in [0.25, 0.3) is 5.69 Å². The lowest BCUT2D eigenvalue weighted by atomic mass is 10.1. The van der Waals surface area contributed by atoms with E-state index < -0.39 is 10.8 Å². The number of ether oxygens (including phenoxy) is 2. The smallest absolute Gasteiger partial charge is 0.296 e. The van der Waals surface area contributed by atoms with Crippen molar-refractivity contribution >= 4 is 28.6 Å². The number of thiazole rings is 1. The molecular weight excluding hydrogens is 418 g/mol. The number of hydrogen-bond acceptors (Lipinski definition) is 7. The minimum Gasteiger partial charge on any atom is -0.490 e. The minimum absolute atomic E-state index is 0.00332. The highest BCUT2D eigenvalue weighted by Crippen LogP contribution is 2.38. The summed E-state index contributed by atoms with van der Waals surface area (Å²) in [5.41, 5.74) is 2.49. The molecule has 1 N–H and O–H groups in total. The second-order valence-electron chi connectivity index (χ2n) is 6.68. The molecule has 3 rings (SSSR count). The van der Waals surface area contributed by atoms with Gasteiger partial charge in [0, 0.05) is 17.0 Å². The summed E-state index contributed by atoms with van der Waals surface area (Å²) < 4.78 is 11.0. The molecule has 9 heteroatoms. The lowest BCUT2D eigenvalue weighted by Crippen LogP contribution is -2.16. The second kappa shape index (κ2) is 10.0. The van der Waals surface area contributed by atoms with Crippen LogP contribution in [-0.2, 0) is 11.2 Å². The Balaban J connectivity index is 1.79. The third kappa shape index (κ3) is 5.58. The number of nitrogens with one attached hydrogen (secondary N) is 1. The molecule has 0 fully saturated rings. The number of amides is 1. The summed E-state index contributed by atoms with van der Waals surface area (Å²) in [5.74, 6) is 0.188. The number of nitrogens with zero attached hydrogens (tertiary/aromatic N) is 2. The van der Waals surface area contributed by atoms with Crippen molar-refractivity contribution in [1.82, 2.24) is 4.98 Å². The zero-order chi connectivity index (χ0) is 22.4. The Morgan fingerprint density at radius 2 is 1.87 bits per heavy atom. The Bertz CT molecular complexity index is 1100. The zero-order valence-corrected chi connectivity index (χ0v) is 18.3. The van der Waals surface area contributed by atoms with Crippen molar-refractivity contribution in [1.29, 1.82) is 0 Å². The lowest BCUT2D eigenvalue weighted by Gasteiger charge is -2.13. The third-order valence-electron chi connectivity index (χ3n) is 4.29. The predicted molar refractivity (Wildman–Crippen MR) is 120 cm³/mol. The maximum absolute atomic E-state index is 12.6. The summed E-state index contributed by atoms with van der Waals surface area (Å²) in [6.45, 7) is 6.26. The van der Waals surface area contributed by atoms with Crippen LogP contribution < -0.4 is 14.8 Å². The molecule has 1 amide bonds. The first-order valence-corrected chi connectivity index (χ1v) is 10.7. The van der Waals surface area contributed by atoms with Gasteiger partial charge in [0.2, 0.25) is 5.91 Å². The molecule has 0 aliphatic rings. The first-order chi connectivity index (χ1) is 14.9. The Morgan fingerprint density at radius 1 is 1.16 bits per heavy atom. The van der Waals surface area contributed by atoms with Gasteiger partial charge in [-0.05, 0) is 26.8 Å². The monoisotopic (exact) mass is 441 g/mol. The highest BCUT2D eigenvalue weighted by molar-refractivity contribution is 7.13. The molecule has 0 unspecified atom stereocenters. The van der Waals surface area contributed by atoms with Crippen molar-refractivity contribution in [3.63, 3.8) is 0 Å². The van der Waals surface area contributed by atoms with Gasteiger partial charge >= 0.3 is 0 Å². The van der Waals surface area contributed by atoms with Gasteiger partial charge in [-0.15, -0.1) is 11.3 Å². The molecule has 3 aromatic rings. The van der Waals surface area contributed by atoms with Gasteiger partial charge in [-0.25, -0.2) is 4.98 Å². The van der Waals surface area contributed by atoms with Gasteiger partial charge in [-0.3, -0.25) is 14.9 Å². The number of hydrogen-bond donors (Lipinski definition) is 1. The topological polar surface area (TPSA) is 104 Å². The first-order valence-electron chi connectivity index (χ1n) is 9.80. The van der Waals surface area contributed by atoms with Gasteiger partial charge < -0.3 is 14.8 Å². The number of nitro groups is 1. The Hall–Kier alpha value is -3.46.